The maximum Gasteiger partial charge on any atom is 0.263 e. The van der Waals surface area contributed by atoms with Crippen LogP contribution in [0.4, 0.5) is 11.5 Å². The molecule has 6 heteroatoms. The van der Waals surface area contributed by atoms with Crippen molar-refractivity contribution in [1.29, 1.82) is 0 Å². The lowest BCUT2D eigenvalue weighted by Gasteiger charge is -2.20. The molecule has 0 aliphatic carbocycles. The summed E-state index contributed by atoms with van der Waals surface area (Å²) in [4.78, 5) is 8.45. The van der Waals surface area contributed by atoms with E-state index in [1.807, 2.05) is 6.92 Å². The molecule has 0 radical (unpaired) electrons. The van der Waals surface area contributed by atoms with Crippen molar-refractivity contribution in [3.8, 4) is 0 Å². The number of nitrogens with one attached hydrogen (secondary N) is 2. The van der Waals surface area contributed by atoms with Crippen LogP contribution in [-0.2, 0) is 13.0 Å². The molecule has 1 aromatic carbocycles. The summed E-state index contributed by atoms with van der Waals surface area (Å²) in [6.07, 6.45) is 2.50. The molecule has 4 rings (SSSR count). The lowest BCUT2D eigenvalue weighted by atomic mass is 9.99. The average Bonchev–Trinajstić information content (AvgIpc) is 2.90. The van der Waals surface area contributed by atoms with Crippen LogP contribution in [-0.4, -0.2) is 21.7 Å². The first-order chi connectivity index (χ1) is 10.3. The van der Waals surface area contributed by atoms with Gasteiger partial charge in [0.25, 0.3) is 5.71 Å². The largest absolute Gasteiger partial charge is 0.339 e. The Balaban J connectivity index is 1.80. The minimum absolute atomic E-state index is 0.511. The minimum atomic E-state index is 0.511. The lowest BCUT2D eigenvalue weighted by Crippen LogP contribution is -2.24. The van der Waals surface area contributed by atoms with Gasteiger partial charge >= 0.3 is 0 Å². The number of aromatic nitrogens is 3. The maximum absolute atomic E-state index is 5.19. The van der Waals surface area contributed by atoms with Crippen molar-refractivity contribution in [3.63, 3.8) is 0 Å². The molecule has 0 saturated heterocycles. The number of anilines is 2. The summed E-state index contributed by atoms with van der Waals surface area (Å²) in [5.74, 6) is 0.741. The van der Waals surface area contributed by atoms with Crippen molar-refractivity contribution in [2.24, 2.45) is 0 Å². The molecular formula is C15H15N5O. The van der Waals surface area contributed by atoms with Crippen LogP contribution < -0.4 is 10.6 Å². The monoisotopic (exact) mass is 281 g/mol. The quantitative estimate of drug-likeness (QED) is 0.750. The van der Waals surface area contributed by atoms with Gasteiger partial charge in [-0.15, -0.1) is 0 Å². The molecule has 106 valence electrons. The first-order valence-corrected chi connectivity index (χ1v) is 6.98. The molecule has 3 heterocycles. The third kappa shape index (κ3) is 2.04. The van der Waals surface area contributed by atoms with E-state index in [4.69, 9.17) is 4.52 Å². The second-order valence-corrected chi connectivity index (χ2v) is 5.17. The summed E-state index contributed by atoms with van der Waals surface area (Å²) < 4.78 is 5.19. The van der Waals surface area contributed by atoms with E-state index in [-0.39, 0.29) is 0 Å². The molecule has 0 fully saturated rings. The van der Waals surface area contributed by atoms with Gasteiger partial charge in [-0.25, -0.2) is 4.98 Å². The van der Waals surface area contributed by atoms with Crippen LogP contribution >= 0.6 is 0 Å². The highest BCUT2D eigenvalue weighted by molar-refractivity contribution is 5.89. The zero-order valence-corrected chi connectivity index (χ0v) is 11.7. The molecule has 1 aliphatic heterocycles. The fourth-order valence-electron chi connectivity index (χ4n) is 2.79. The molecule has 6 nitrogen and oxygen atoms in total. The lowest BCUT2D eigenvalue weighted by molar-refractivity contribution is 0.442. The Kier molecular flexibility index (Phi) is 2.82. The standard InChI is InChI=1S/C15H15N5O/c1-9-13-14(17-8-18-15(13)21-20-9)19-12-4-2-3-10-7-16-6-5-11(10)12/h2-4,8,16H,5-7H2,1H3,(H,17,18,19). The third-order valence-electron chi connectivity index (χ3n) is 3.84. The number of benzene rings is 1. The Hall–Kier alpha value is -2.47. The highest BCUT2D eigenvalue weighted by atomic mass is 16.5. The van der Waals surface area contributed by atoms with Crippen molar-refractivity contribution in [2.45, 2.75) is 19.9 Å². The van der Waals surface area contributed by atoms with Gasteiger partial charge in [-0.05, 0) is 37.1 Å². The Morgan fingerprint density at radius 1 is 1.29 bits per heavy atom. The summed E-state index contributed by atoms with van der Waals surface area (Å²) in [6.45, 7) is 3.80. The summed E-state index contributed by atoms with van der Waals surface area (Å²) >= 11 is 0. The Bertz CT molecular complexity index is 811. The van der Waals surface area contributed by atoms with Gasteiger partial charge in [-0.2, -0.15) is 4.98 Å². The molecule has 1 aliphatic rings. The van der Waals surface area contributed by atoms with Gasteiger partial charge in [0.2, 0.25) is 0 Å². The van der Waals surface area contributed by atoms with E-state index in [0.29, 0.717) is 5.71 Å². The Morgan fingerprint density at radius 2 is 2.24 bits per heavy atom. The molecule has 0 saturated carbocycles. The van der Waals surface area contributed by atoms with Gasteiger partial charge in [-0.1, -0.05) is 17.3 Å². The smallest absolute Gasteiger partial charge is 0.263 e. The topological polar surface area (TPSA) is 75.9 Å². The van der Waals surface area contributed by atoms with E-state index in [0.717, 1.165) is 42.1 Å². The highest BCUT2D eigenvalue weighted by Gasteiger charge is 2.16. The molecule has 0 amide bonds. The molecule has 21 heavy (non-hydrogen) atoms. The van der Waals surface area contributed by atoms with Crippen molar-refractivity contribution in [2.75, 3.05) is 11.9 Å². The Morgan fingerprint density at radius 3 is 3.19 bits per heavy atom. The van der Waals surface area contributed by atoms with E-state index >= 15 is 0 Å². The summed E-state index contributed by atoms with van der Waals surface area (Å²) in [6, 6.07) is 6.31. The van der Waals surface area contributed by atoms with E-state index in [1.165, 1.54) is 17.5 Å². The van der Waals surface area contributed by atoms with Gasteiger partial charge in [-0.3, -0.25) is 0 Å². The number of nitrogens with zero attached hydrogens (tertiary/aromatic N) is 3. The maximum atomic E-state index is 5.19. The van der Waals surface area contributed by atoms with Crippen LogP contribution in [0.3, 0.4) is 0 Å². The zero-order chi connectivity index (χ0) is 14.2. The molecule has 0 unspecified atom stereocenters. The van der Waals surface area contributed by atoms with E-state index in [9.17, 15) is 0 Å². The first-order valence-electron chi connectivity index (χ1n) is 6.98. The second-order valence-electron chi connectivity index (χ2n) is 5.17. The molecule has 0 spiro atoms. The van der Waals surface area contributed by atoms with Crippen LogP contribution in [0.25, 0.3) is 11.1 Å². The van der Waals surface area contributed by atoms with Crippen LogP contribution in [0.2, 0.25) is 0 Å². The van der Waals surface area contributed by atoms with E-state index in [2.05, 4.69) is 44.0 Å². The number of aryl methyl sites for hydroxylation is 1. The highest BCUT2D eigenvalue weighted by Crippen LogP contribution is 2.29. The minimum Gasteiger partial charge on any atom is -0.339 e. The predicted molar refractivity (Wildman–Crippen MR) is 79.5 cm³/mol. The number of hydrogen-bond donors (Lipinski definition) is 2. The summed E-state index contributed by atoms with van der Waals surface area (Å²) in [7, 11) is 0. The zero-order valence-electron chi connectivity index (χ0n) is 11.7. The molecule has 2 N–H and O–H groups in total. The van der Waals surface area contributed by atoms with Crippen LogP contribution in [0.5, 0.6) is 0 Å². The van der Waals surface area contributed by atoms with Crippen LogP contribution in [0.15, 0.2) is 29.0 Å². The summed E-state index contributed by atoms with van der Waals surface area (Å²) in [5.41, 5.74) is 5.07. The molecule has 0 bridgehead atoms. The molecule has 3 aromatic rings. The predicted octanol–water partition coefficient (Wildman–Crippen LogP) is 2.32. The van der Waals surface area contributed by atoms with Gasteiger partial charge in [0.15, 0.2) is 0 Å². The van der Waals surface area contributed by atoms with Crippen LogP contribution in [0.1, 0.15) is 16.8 Å². The van der Waals surface area contributed by atoms with Crippen LogP contribution in [0, 0.1) is 6.92 Å². The summed E-state index contributed by atoms with van der Waals surface area (Å²) in [5, 5.41) is 11.6. The van der Waals surface area contributed by atoms with Gasteiger partial charge in [0.1, 0.15) is 17.5 Å². The molecule has 2 aromatic heterocycles. The molecule has 0 atom stereocenters. The van der Waals surface area contributed by atoms with Crippen molar-refractivity contribution >= 4 is 22.6 Å². The average molecular weight is 281 g/mol. The van der Waals surface area contributed by atoms with Crippen molar-refractivity contribution in [1.82, 2.24) is 20.4 Å². The number of hydrogen-bond acceptors (Lipinski definition) is 6. The Labute approximate surface area is 121 Å². The van der Waals surface area contributed by atoms with Gasteiger partial charge < -0.3 is 15.2 Å². The molecular weight excluding hydrogens is 266 g/mol. The fourth-order valence-corrected chi connectivity index (χ4v) is 2.79. The van der Waals surface area contributed by atoms with E-state index in [1.54, 1.807) is 0 Å². The van der Waals surface area contributed by atoms with Crippen molar-refractivity contribution in [3.05, 3.63) is 41.3 Å². The second kappa shape index (κ2) is 4.82. The number of rotatable bonds is 2. The number of fused-ring (bicyclic) bond motifs is 2. The van der Waals surface area contributed by atoms with Crippen molar-refractivity contribution < 1.29 is 4.52 Å². The fraction of sp³-hybridized carbons (Fsp3) is 0.267. The SMILES string of the molecule is Cc1noc2ncnc(Nc3cccc4c3CCNC4)c12. The van der Waals surface area contributed by atoms with E-state index < -0.39 is 0 Å². The first kappa shape index (κ1) is 12.3. The van der Waals surface area contributed by atoms with Gasteiger partial charge in [0, 0.05) is 12.2 Å². The third-order valence-corrected chi connectivity index (χ3v) is 3.84. The normalized spacial score (nSPS) is 14.1. The van der Waals surface area contributed by atoms with Gasteiger partial charge in [0.05, 0.1) is 5.69 Å².